The first-order chi connectivity index (χ1) is 11.8. The fourth-order valence-electron chi connectivity index (χ4n) is 2.91. The molecule has 3 aromatic rings. The number of carbonyl (C=O) groups excluding carboxylic acids is 1. The molecule has 0 saturated carbocycles. The summed E-state index contributed by atoms with van der Waals surface area (Å²) in [7, 11) is 0. The highest BCUT2D eigenvalue weighted by Gasteiger charge is 2.17. The minimum absolute atomic E-state index is 0.166. The van der Waals surface area contributed by atoms with Crippen LogP contribution in [0.1, 0.15) is 5.56 Å². The van der Waals surface area contributed by atoms with Gasteiger partial charge in [0.15, 0.2) is 0 Å². The molecule has 1 aromatic heterocycles. The molecule has 1 fully saturated rings. The van der Waals surface area contributed by atoms with Gasteiger partial charge in [-0.3, -0.25) is 4.79 Å². The van der Waals surface area contributed by atoms with Crippen molar-refractivity contribution in [2.24, 2.45) is 0 Å². The SMILES string of the molecule is O=C(Cc1cccc(-c2nc3ccccc3s2)c1)N1CCOCC1. The van der Waals surface area contributed by atoms with E-state index >= 15 is 0 Å². The van der Waals surface area contributed by atoms with Crippen LogP contribution in [0.15, 0.2) is 48.5 Å². The second-order valence-electron chi connectivity index (χ2n) is 5.86. The Labute approximate surface area is 144 Å². The summed E-state index contributed by atoms with van der Waals surface area (Å²) >= 11 is 1.68. The van der Waals surface area contributed by atoms with Crippen LogP contribution in [0.3, 0.4) is 0 Å². The fraction of sp³-hybridized carbons (Fsp3) is 0.263. The molecule has 1 amide bonds. The zero-order valence-electron chi connectivity index (χ0n) is 13.3. The van der Waals surface area contributed by atoms with Crippen LogP contribution in [-0.4, -0.2) is 42.1 Å². The molecule has 0 N–H and O–H groups in total. The van der Waals surface area contributed by atoms with Gasteiger partial charge in [0.05, 0.1) is 29.9 Å². The summed E-state index contributed by atoms with van der Waals surface area (Å²) in [5.41, 5.74) is 3.12. The quantitative estimate of drug-likeness (QED) is 0.735. The van der Waals surface area contributed by atoms with E-state index in [-0.39, 0.29) is 5.91 Å². The van der Waals surface area contributed by atoms with E-state index < -0.39 is 0 Å². The van der Waals surface area contributed by atoms with E-state index in [0.717, 1.165) is 21.7 Å². The Morgan fingerprint density at radius 3 is 2.79 bits per heavy atom. The highest BCUT2D eigenvalue weighted by atomic mass is 32.1. The summed E-state index contributed by atoms with van der Waals surface area (Å²) in [4.78, 5) is 19.0. The molecule has 4 nitrogen and oxygen atoms in total. The number of hydrogen-bond acceptors (Lipinski definition) is 4. The van der Waals surface area contributed by atoms with Crippen LogP contribution in [-0.2, 0) is 16.0 Å². The monoisotopic (exact) mass is 338 g/mol. The average Bonchev–Trinajstić information content (AvgIpc) is 3.07. The molecule has 5 heteroatoms. The lowest BCUT2D eigenvalue weighted by atomic mass is 10.1. The lowest BCUT2D eigenvalue weighted by Gasteiger charge is -2.26. The molecule has 0 atom stereocenters. The number of carbonyl (C=O) groups is 1. The smallest absolute Gasteiger partial charge is 0.227 e. The maximum absolute atomic E-state index is 12.4. The number of thiazole rings is 1. The number of fused-ring (bicyclic) bond motifs is 1. The largest absolute Gasteiger partial charge is 0.378 e. The molecule has 122 valence electrons. The second-order valence-corrected chi connectivity index (χ2v) is 6.89. The van der Waals surface area contributed by atoms with Crippen LogP contribution in [0.5, 0.6) is 0 Å². The third-order valence-electron chi connectivity index (χ3n) is 4.19. The molecule has 1 aliphatic rings. The minimum atomic E-state index is 0.166. The lowest BCUT2D eigenvalue weighted by molar-refractivity contribution is -0.134. The third kappa shape index (κ3) is 3.18. The summed E-state index contributed by atoms with van der Waals surface area (Å²) < 4.78 is 6.49. The van der Waals surface area contributed by atoms with Crippen LogP contribution < -0.4 is 0 Å². The Morgan fingerprint density at radius 2 is 1.96 bits per heavy atom. The Hall–Kier alpha value is -2.24. The van der Waals surface area contributed by atoms with Crippen molar-refractivity contribution in [1.29, 1.82) is 0 Å². The van der Waals surface area contributed by atoms with Gasteiger partial charge >= 0.3 is 0 Å². The zero-order valence-corrected chi connectivity index (χ0v) is 14.1. The Balaban J connectivity index is 1.55. The highest BCUT2D eigenvalue weighted by molar-refractivity contribution is 7.21. The molecular formula is C19H18N2O2S. The number of aromatic nitrogens is 1. The molecular weight excluding hydrogens is 320 g/mol. The van der Waals surface area contributed by atoms with Gasteiger partial charge < -0.3 is 9.64 Å². The summed E-state index contributed by atoms with van der Waals surface area (Å²) in [6, 6.07) is 16.3. The van der Waals surface area contributed by atoms with Gasteiger partial charge in [-0.15, -0.1) is 11.3 Å². The van der Waals surface area contributed by atoms with Crippen molar-refractivity contribution < 1.29 is 9.53 Å². The van der Waals surface area contributed by atoms with Crippen LogP contribution >= 0.6 is 11.3 Å². The molecule has 1 saturated heterocycles. The topological polar surface area (TPSA) is 42.4 Å². The summed E-state index contributed by atoms with van der Waals surface area (Å²) in [5, 5.41) is 0.997. The van der Waals surface area contributed by atoms with E-state index in [1.165, 1.54) is 4.70 Å². The number of hydrogen-bond donors (Lipinski definition) is 0. The molecule has 1 aliphatic heterocycles. The normalized spacial score (nSPS) is 14.9. The number of benzene rings is 2. The number of para-hydroxylation sites is 1. The van der Waals surface area contributed by atoms with Gasteiger partial charge in [0.1, 0.15) is 5.01 Å². The number of nitrogens with zero attached hydrogens (tertiary/aromatic N) is 2. The molecule has 0 radical (unpaired) electrons. The van der Waals surface area contributed by atoms with E-state index in [1.54, 1.807) is 11.3 Å². The highest BCUT2D eigenvalue weighted by Crippen LogP contribution is 2.30. The van der Waals surface area contributed by atoms with E-state index in [0.29, 0.717) is 32.7 Å². The maximum atomic E-state index is 12.4. The Kier molecular flexibility index (Phi) is 4.28. The van der Waals surface area contributed by atoms with Gasteiger partial charge in [0, 0.05) is 18.7 Å². The standard InChI is InChI=1S/C19H18N2O2S/c22-18(21-8-10-23-11-9-21)13-14-4-3-5-15(12-14)19-20-16-6-1-2-7-17(16)24-19/h1-7,12H,8-11,13H2. The first kappa shape index (κ1) is 15.3. The van der Waals surface area contributed by atoms with Crippen molar-refractivity contribution in [3.05, 3.63) is 54.1 Å². The van der Waals surface area contributed by atoms with Crippen molar-refractivity contribution in [2.75, 3.05) is 26.3 Å². The van der Waals surface area contributed by atoms with Gasteiger partial charge in [-0.05, 0) is 23.8 Å². The first-order valence-corrected chi connectivity index (χ1v) is 8.92. The van der Waals surface area contributed by atoms with Gasteiger partial charge in [-0.1, -0.05) is 30.3 Å². The number of amides is 1. The first-order valence-electron chi connectivity index (χ1n) is 8.10. The molecule has 2 aromatic carbocycles. The minimum Gasteiger partial charge on any atom is -0.378 e. The van der Waals surface area contributed by atoms with Gasteiger partial charge in [0.2, 0.25) is 5.91 Å². The molecule has 24 heavy (non-hydrogen) atoms. The molecule has 0 unspecified atom stereocenters. The van der Waals surface area contributed by atoms with Gasteiger partial charge in [0.25, 0.3) is 0 Å². The van der Waals surface area contributed by atoms with E-state index in [1.807, 2.05) is 35.2 Å². The lowest BCUT2D eigenvalue weighted by Crippen LogP contribution is -2.41. The predicted molar refractivity (Wildman–Crippen MR) is 96.2 cm³/mol. The van der Waals surface area contributed by atoms with Crippen molar-refractivity contribution in [3.8, 4) is 10.6 Å². The van der Waals surface area contributed by atoms with Crippen LogP contribution in [0.4, 0.5) is 0 Å². The van der Waals surface area contributed by atoms with E-state index in [9.17, 15) is 4.79 Å². The van der Waals surface area contributed by atoms with E-state index in [4.69, 9.17) is 9.72 Å². The van der Waals surface area contributed by atoms with Gasteiger partial charge in [-0.2, -0.15) is 0 Å². The number of ether oxygens (including phenoxy) is 1. The second kappa shape index (κ2) is 6.71. The molecule has 4 rings (SSSR count). The maximum Gasteiger partial charge on any atom is 0.227 e. The van der Waals surface area contributed by atoms with Crippen molar-refractivity contribution in [1.82, 2.24) is 9.88 Å². The van der Waals surface area contributed by atoms with Crippen molar-refractivity contribution >= 4 is 27.5 Å². The van der Waals surface area contributed by atoms with E-state index in [2.05, 4.69) is 18.2 Å². The van der Waals surface area contributed by atoms with Crippen LogP contribution in [0, 0.1) is 0 Å². The molecule has 0 aliphatic carbocycles. The molecule has 0 bridgehead atoms. The summed E-state index contributed by atoms with van der Waals surface area (Å²) in [6.07, 6.45) is 0.429. The van der Waals surface area contributed by atoms with Crippen LogP contribution in [0.2, 0.25) is 0 Å². The van der Waals surface area contributed by atoms with Crippen molar-refractivity contribution in [3.63, 3.8) is 0 Å². The number of morpholine rings is 1. The molecule has 2 heterocycles. The van der Waals surface area contributed by atoms with Crippen LogP contribution in [0.25, 0.3) is 20.8 Å². The summed E-state index contributed by atoms with van der Waals surface area (Å²) in [6.45, 7) is 2.65. The summed E-state index contributed by atoms with van der Waals surface area (Å²) in [5.74, 6) is 0.166. The number of rotatable bonds is 3. The predicted octanol–water partition coefficient (Wildman–Crippen LogP) is 3.36. The Morgan fingerprint density at radius 1 is 1.12 bits per heavy atom. The fourth-order valence-corrected chi connectivity index (χ4v) is 3.87. The third-order valence-corrected chi connectivity index (χ3v) is 5.27. The average molecular weight is 338 g/mol. The Bertz CT molecular complexity index is 835. The van der Waals surface area contributed by atoms with Crippen molar-refractivity contribution in [2.45, 2.75) is 6.42 Å². The zero-order chi connectivity index (χ0) is 16.4. The van der Waals surface area contributed by atoms with Gasteiger partial charge in [-0.25, -0.2) is 4.98 Å². The molecule has 0 spiro atoms.